The lowest BCUT2D eigenvalue weighted by Gasteiger charge is -2.16. The smallest absolute Gasteiger partial charge is 0.193 e. The van der Waals surface area contributed by atoms with E-state index in [-0.39, 0.29) is 35.7 Å². The van der Waals surface area contributed by atoms with E-state index >= 15 is 13.2 Å². The molecule has 2 aliphatic heterocycles. The third-order valence-corrected chi connectivity index (χ3v) is 8.89. The highest BCUT2D eigenvalue weighted by Gasteiger charge is 2.48. The van der Waals surface area contributed by atoms with E-state index < -0.39 is 62.9 Å². The van der Waals surface area contributed by atoms with Crippen molar-refractivity contribution < 1.29 is 36.7 Å². The molecule has 204 valence electrons. The zero-order valence-corrected chi connectivity index (χ0v) is 21.7. The van der Waals surface area contributed by atoms with E-state index in [9.17, 15) is 9.32 Å². The van der Waals surface area contributed by atoms with Gasteiger partial charge in [0.2, 0.25) is 0 Å². The maximum Gasteiger partial charge on any atom is 0.193 e. The number of fused-ring (bicyclic) bond motifs is 2. The fourth-order valence-electron chi connectivity index (χ4n) is 4.92. The van der Waals surface area contributed by atoms with E-state index in [1.807, 2.05) is 0 Å². The fourth-order valence-corrected chi connectivity index (χ4v) is 5.78. The molecular weight excluding hydrogens is 535 g/mol. The van der Waals surface area contributed by atoms with Crippen LogP contribution in [-0.2, 0) is 19.2 Å². The van der Waals surface area contributed by atoms with Crippen molar-refractivity contribution >= 4 is 20.8 Å². The van der Waals surface area contributed by atoms with Gasteiger partial charge in [-0.05, 0) is 35.4 Å². The van der Waals surface area contributed by atoms with Crippen LogP contribution in [0.1, 0.15) is 0 Å². The van der Waals surface area contributed by atoms with Crippen molar-refractivity contribution in [1.29, 1.82) is 0 Å². The minimum atomic E-state index is -2.55. The van der Waals surface area contributed by atoms with Crippen LogP contribution in [0.3, 0.4) is 0 Å². The number of nitrogens with zero attached hydrogens (tertiary/aromatic N) is 2. The summed E-state index contributed by atoms with van der Waals surface area (Å²) in [7, 11) is -1.09. The third kappa shape index (κ3) is 4.56. The number of nitrogens with one attached hydrogen (secondary N) is 1. The zero-order chi connectivity index (χ0) is 27.5. The number of aromatic nitrogens is 2. The zero-order valence-electron chi connectivity index (χ0n) is 20.9. The highest BCUT2D eigenvalue weighted by Crippen LogP contribution is 2.35. The van der Waals surface area contributed by atoms with Gasteiger partial charge in [-0.2, -0.15) is 0 Å². The third-order valence-electron chi connectivity index (χ3n) is 7.04. The Labute approximate surface area is 221 Å². The van der Waals surface area contributed by atoms with E-state index in [2.05, 4.69) is 14.3 Å². The van der Waals surface area contributed by atoms with Crippen LogP contribution in [0.25, 0.3) is 33.4 Å². The number of rotatable bonds is 5. The molecule has 6 rings (SSSR count). The van der Waals surface area contributed by atoms with Gasteiger partial charge in [0.1, 0.15) is 35.6 Å². The molecule has 8 nitrogen and oxygen atoms in total. The normalized spacial score (nSPS) is 24.1. The number of hydrogen-bond acceptors (Lipinski definition) is 7. The first-order chi connectivity index (χ1) is 18.6. The van der Waals surface area contributed by atoms with Crippen LogP contribution in [0.4, 0.5) is 13.2 Å². The standard InChI is InChI=1S/C27H24F3N3O5S/c1-31-39(2,35)15-5-3-13(4-6-15)14-7-16(28)24(17(29)8-14)25-18(30)9-19-20(33-25)10-23(32-19)38-22-12-37-26-21(34)11-36-27(22)26/h3-10,21-22,26-27,32,34H,11-12H2,1-2H3/t21-,22-,26?,27-,39?/m1/s1. The minimum Gasteiger partial charge on any atom is -0.470 e. The lowest BCUT2D eigenvalue weighted by atomic mass is 10.0. The Morgan fingerprint density at radius 1 is 1.00 bits per heavy atom. The first-order valence-electron chi connectivity index (χ1n) is 12.1. The van der Waals surface area contributed by atoms with Gasteiger partial charge in [-0.1, -0.05) is 12.1 Å². The van der Waals surface area contributed by atoms with E-state index in [4.69, 9.17) is 14.2 Å². The Morgan fingerprint density at radius 3 is 2.38 bits per heavy atom. The lowest BCUT2D eigenvalue weighted by Crippen LogP contribution is -2.34. The van der Waals surface area contributed by atoms with Crippen molar-refractivity contribution in [2.45, 2.75) is 29.3 Å². The average molecular weight is 560 g/mol. The molecule has 39 heavy (non-hydrogen) atoms. The van der Waals surface area contributed by atoms with Crippen molar-refractivity contribution in [3.8, 4) is 28.3 Å². The summed E-state index contributed by atoms with van der Waals surface area (Å²) in [4.78, 5) is 7.57. The Morgan fingerprint density at radius 2 is 1.69 bits per heavy atom. The van der Waals surface area contributed by atoms with Crippen molar-refractivity contribution in [1.82, 2.24) is 9.97 Å². The van der Waals surface area contributed by atoms with Crippen LogP contribution in [0.5, 0.6) is 5.88 Å². The topological polar surface area (TPSA) is 106 Å². The molecule has 0 amide bonds. The Hall–Kier alpha value is -3.45. The van der Waals surface area contributed by atoms with E-state index in [1.165, 1.54) is 19.4 Å². The Bertz CT molecular complexity index is 1680. The summed E-state index contributed by atoms with van der Waals surface area (Å²) in [5.41, 5.74) is 0.158. The minimum absolute atomic E-state index is 0.148. The second-order valence-corrected chi connectivity index (χ2v) is 12.0. The molecule has 0 radical (unpaired) electrons. The molecule has 2 aromatic heterocycles. The van der Waals surface area contributed by atoms with Gasteiger partial charge in [-0.15, -0.1) is 0 Å². The van der Waals surface area contributed by atoms with E-state index in [0.29, 0.717) is 10.5 Å². The van der Waals surface area contributed by atoms with Crippen LogP contribution in [0.15, 0.2) is 57.8 Å². The maximum atomic E-state index is 15.2. The van der Waals surface area contributed by atoms with Crippen LogP contribution in [0.2, 0.25) is 0 Å². The van der Waals surface area contributed by atoms with Crippen LogP contribution in [0, 0.1) is 17.5 Å². The number of halogens is 3. The molecule has 0 aliphatic carbocycles. The molecule has 4 aromatic rings. The van der Waals surface area contributed by atoms with Crippen LogP contribution in [-0.4, -0.2) is 70.2 Å². The number of hydrogen-bond donors (Lipinski definition) is 2. The number of aliphatic hydroxyl groups is 1. The molecule has 12 heteroatoms. The van der Waals surface area contributed by atoms with Gasteiger partial charge in [0.15, 0.2) is 17.8 Å². The van der Waals surface area contributed by atoms with Gasteiger partial charge in [0, 0.05) is 30.3 Å². The second-order valence-electron chi connectivity index (χ2n) is 9.53. The highest BCUT2D eigenvalue weighted by molar-refractivity contribution is 7.93. The molecule has 4 heterocycles. The number of H-pyrrole nitrogens is 1. The van der Waals surface area contributed by atoms with Crippen molar-refractivity contribution in [2.24, 2.45) is 4.36 Å². The summed E-state index contributed by atoms with van der Waals surface area (Å²) >= 11 is 0. The van der Waals surface area contributed by atoms with Gasteiger partial charge in [0.25, 0.3) is 0 Å². The monoisotopic (exact) mass is 559 g/mol. The molecule has 0 saturated carbocycles. The van der Waals surface area contributed by atoms with Crippen molar-refractivity contribution in [3.05, 3.63) is 66.0 Å². The average Bonchev–Trinajstić information content (AvgIpc) is 3.60. The highest BCUT2D eigenvalue weighted by atomic mass is 32.2. The number of ether oxygens (including phenoxy) is 3. The molecule has 2 N–H and O–H groups in total. The van der Waals surface area contributed by atoms with Gasteiger partial charge in [0.05, 0.1) is 39.5 Å². The number of aromatic amines is 1. The SMILES string of the molecule is CN=S(C)(=O)c1ccc(-c2cc(F)c(-c3nc4cc(O[C@@H]5COC6[C@H](O)CO[C@@H]65)[nH]c4cc3F)c(F)c2)cc1. The summed E-state index contributed by atoms with van der Waals surface area (Å²) in [6, 6.07) is 11.2. The molecule has 2 saturated heterocycles. The predicted molar refractivity (Wildman–Crippen MR) is 137 cm³/mol. The predicted octanol–water partition coefficient (Wildman–Crippen LogP) is 4.31. The van der Waals surface area contributed by atoms with Crippen molar-refractivity contribution in [2.75, 3.05) is 26.5 Å². The fraction of sp³-hybridized carbons (Fsp3) is 0.296. The van der Waals surface area contributed by atoms with Crippen molar-refractivity contribution in [3.63, 3.8) is 0 Å². The largest absolute Gasteiger partial charge is 0.470 e. The molecule has 5 atom stereocenters. The van der Waals surface area contributed by atoms with Gasteiger partial charge < -0.3 is 24.3 Å². The summed E-state index contributed by atoms with van der Waals surface area (Å²) in [6.45, 7) is 0.348. The first kappa shape index (κ1) is 25.8. The summed E-state index contributed by atoms with van der Waals surface area (Å²) in [5.74, 6) is -2.64. The first-order valence-corrected chi connectivity index (χ1v) is 14.0. The van der Waals surface area contributed by atoms with Gasteiger partial charge in [-0.25, -0.2) is 26.7 Å². The Kier molecular flexibility index (Phi) is 6.37. The quantitative estimate of drug-likeness (QED) is 0.378. The second kappa shape index (κ2) is 9.63. The van der Waals surface area contributed by atoms with E-state index in [0.717, 1.165) is 18.2 Å². The molecule has 2 aliphatic rings. The van der Waals surface area contributed by atoms with E-state index in [1.54, 1.807) is 24.3 Å². The summed E-state index contributed by atoms with van der Waals surface area (Å²) < 4.78 is 78.8. The summed E-state index contributed by atoms with van der Waals surface area (Å²) in [5, 5.41) is 9.90. The van der Waals surface area contributed by atoms with Gasteiger partial charge >= 0.3 is 0 Å². The number of benzene rings is 2. The molecule has 2 aromatic carbocycles. The summed E-state index contributed by atoms with van der Waals surface area (Å²) in [6.07, 6.45) is -0.652. The van der Waals surface area contributed by atoms with Crippen LogP contribution >= 0.6 is 0 Å². The van der Waals surface area contributed by atoms with Crippen LogP contribution < -0.4 is 4.74 Å². The molecule has 2 fully saturated rings. The molecule has 0 spiro atoms. The molecule has 0 bridgehead atoms. The van der Waals surface area contributed by atoms with Gasteiger partial charge in [-0.3, -0.25) is 0 Å². The maximum absolute atomic E-state index is 15.2. The Balaban J connectivity index is 1.30. The number of pyridine rings is 1. The lowest BCUT2D eigenvalue weighted by molar-refractivity contribution is 0.00794. The molecule has 2 unspecified atom stereocenters. The molecular formula is C27H24F3N3O5S. The number of aliphatic hydroxyl groups excluding tert-OH is 1.